The highest BCUT2D eigenvalue weighted by atomic mass is 32.2. The molecule has 0 bridgehead atoms. The van der Waals surface area contributed by atoms with Crippen molar-refractivity contribution in [3.05, 3.63) is 77.9 Å². The van der Waals surface area contributed by atoms with E-state index < -0.39 is 22.1 Å². The smallest absolute Gasteiger partial charge is 0.320 e. The Kier molecular flexibility index (Phi) is 6.68. The molecule has 3 rings (SSSR count). The van der Waals surface area contributed by atoms with Crippen LogP contribution in [-0.4, -0.2) is 30.1 Å². The molecule has 0 unspecified atom stereocenters. The lowest BCUT2D eigenvalue weighted by Crippen LogP contribution is -2.32. The van der Waals surface area contributed by atoms with E-state index in [2.05, 4.69) is 0 Å². The summed E-state index contributed by atoms with van der Waals surface area (Å²) in [5.41, 5.74) is 7.48. The Morgan fingerprint density at radius 1 is 1.00 bits per heavy atom. The normalized spacial score (nSPS) is 12.1. The Morgan fingerprint density at radius 2 is 1.59 bits per heavy atom. The fraction of sp³-hybridized carbons (Fsp3) is 0.150. The number of nitrogens with two attached hydrogens (primary N) is 1. The number of hydrogen-bond acceptors (Lipinski definition) is 4. The Balaban J connectivity index is 0.000000208. The molecule has 0 spiro atoms. The van der Waals surface area contributed by atoms with E-state index in [-0.39, 0.29) is 4.90 Å². The van der Waals surface area contributed by atoms with Crippen LogP contribution in [0.3, 0.4) is 0 Å². The second-order valence-electron chi connectivity index (χ2n) is 6.08. The Morgan fingerprint density at radius 3 is 2.19 bits per heavy atom. The van der Waals surface area contributed by atoms with Crippen molar-refractivity contribution >= 4 is 26.9 Å². The zero-order chi connectivity index (χ0) is 20.0. The summed E-state index contributed by atoms with van der Waals surface area (Å²) in [4.78, 5) is 10.6. The van der Waals surface area contributed by atoms with Crippen LogP contribution in [0.15, 0.2) is 71.6 Å². The molecule has 1 atom stereocenters. The molecule has 7 heteroatoms. The van der Waals surface area contributed by atoms with Crippen LogP contribution >= 0.6 is 0 Å². The number of hydrogen-bond donors (Lipinski definition) is 3. The molecule has 0 aliphatic rings. The predicted octanol–water partition coefficient (Wildman–Crippen LogP) is 3.04. The second-order valence-corrected chi connectivity index (χ2v) is 7.50. The minimum atomic E-state index is -4.02. The van der Waals surface area contributed by atoms with Gasteiger partial charge in [-0.25, -0.2) is 0 Å². The summed E-state index contributed by atoms with van der Waals surface area (Å²) in [5.74, 6) is -0.965. The molecule has 0 radical (unpaired) electrons. The van der Waals surface area contributed by atoms with E-state index >= 15 is 0 Å². The fourth-order valence-corrected chi connectivity index (χ4v) is 2.98. The van der Waals surface area contributed by atoms with Crippen LogP contribution in [0.4, 0.5) is 0 Å². The third kappa shape index (κ3) is 5.89. The first-order valence-corrected chi connectivity index (χ1v) is 9.61. The highest BCUT2D eigenvalue weighted by molar-refractivity contribution is 7.85. The lowest BCUT2D eigenvalue weighted by atomic mass is 9.99. The molecule has 0 amide bonds. The maximum absolute atomic E-state index is 10.7. The van der Waals surface area contributed by atoms with Gasteiger partial charge in [-0.2, -0.15) is 8.42 Å². The van der Waals surface area contributed by atoms with Gasteiger partial charge in [0.05, 0.1) is 4.90 Å². The number of carboxylic acid groups (broad SMARTS) is 1. The van der Waals surface area contributed by atoms with E-state index in [4.69, 9.17) is 15.4 Å². The van der Waals surface area contributed by atoms with Gasteiger partial charge in [0.25, 0.3) is 10.1 Å². The SMILES string of the molecule is Cc1ccc(S(=O)(=O)O)cc1.N[C@@H](Cc1cccc2ccccc12)C(=O)O. The van der Waals surface area contributed by atoms with Crippen LogP contribution in [0.25, 0.3) is 10.8 Å². The number of benzene rings is 3. The summed E-state index contributed by atoms with van der Waals surface area (Å²) in [6.45, 7) is 1.84. The van der Waals surface area contributed by atoms with E-state index in [0.29, 0.717) is 6.42 Å². The number of carboxylic acids is 1. The van der Waals surface area contributed by atoms with Crippen LogP contribution in [0.2, 0.25) is 0 Å². The highest BCUT2D eigenvalue weighted by Gasteiger charge is 2.13. The zero-order valence-corrected chi connectivity index (χ0v) is 15.6. The predicted molar refractivity (Wildman–Crippen MR) is 104 cm³/mol. The fourth-order valence-electron chi connectivity index (χ4n) is 2.50. The number of fused-ring (bicyclic) bond motifs is 1. The first-order chi connectivity index (χ1) is 12.7. The van der Waals surface area contributed by atoms with Crippen LogP contribution in [-0.2, 0) is 21.3 Å². The molecular weight excluding hydrogens is 366 g/mol. The molecule has 4 N–H and O–H groups in total. The quantitative estimate of drug-likeness (QED) is 0.592. The minimum absolute atomic E-state index is 0.0666. The van der Waals surface area contributed by atoms with Crippen molar-refractivity contribution in [3.8, 4) is 0 Å². The molecule has 0 aromatic heterocycles. The highest BCUT2D eigenvalue weighted by Crippen LogP contribution is 2.19. The van der Waals surface area contributed by atoms with Gasteiger partial charge in [0.15, 0.2) is 0 Å². The second kappa shape index (κ2) is 8.77. The van der Waals surface area contributed by atoms with Gasteiger partial charge in [-0.1, -0.05) is 60.2 Å². The van der Waals surface area contributed by atoms with Gasteiger partial charge in [-0.05, 0) is 41.8 Å². The van der Waals surface area contributed by atoms with E-state index in [9.17, 15) is 13.2 Å². The Hall–Kier alpha value is -2.74. The van der Waals surface area contributed by atoms with Gasteiger partial charge in [0, 0.05) is 0 Å². The van der Waals surface area contributed by atoms with Crippen LogP contribution in [0, 0.1) is 6.92 Å². The molecule has 0 saturated heterocycles. The molecule has 142 valence electrons. The first-order valence-electron chi connectivity index (χ1n) is 8.17. The van der Waals surface area contributed by atoms with Gasteiger partial charge in [-0.3, -0.25) is 9.35 Å². The topological polar surface area (TPSA) is 118 Å². The summed E-state index contributed by atoms with van der Waals surface area (Å²) < 4.78 is 29.6. The number of rotatable bonds is 4. The van der Waals surface area contributed by atoms with Gasteiger partial charge in [0.2, 0.25) is 0 Å². The lowest BCUT2D eigenvalue weighted by molar-refractivity contribution is -0.138. The first kappa shape index (κ1) is 20.6. The third-order valence-corrected chi connectivity index (χ3v) is 4.82. The van der Waals surface area contributed by atoms with Crippen molar-refractivity contribution in [1.29, 1.82) is 0 Å². The molecule has 0 fully saturated rings. The lowest BCUT2D eigenvalue weighted by Gasteiger charge is -2.09. The van der Waals surface area contributed by atoms with Gasteiger partial charge in [-0.15, -0.1) is 0 Å². The Bertz CT molecular complexity index is 1020. The van der Waals surface area contributed by atoms with Crippen molar-refractivity contribution in [1.82, 2.24) is 0 Å². The third-order valence-electron chi connectivity index (χ3n) is 3.96. The Labute approximate surface area is 158 Å². The van der Waals surface area contributed by atoms with Crippen LogP contribution in [0.5, 0.6) is 0 Å². The van der Waals surface area contributed by atoms with Crippen molar-refractivity contribution in [2.75, 3.05) is 0 Å². The molecule has 3 aromatic rings. The maximum Gasteiger partial charge on any atom is 0.320 e. The van der Waals surface area contributed by atoms with Crippen molar-refractivity contribution in [2.24, 2.45) is 5.73 Å². The minimum Gasteiger partial charge on any atom is -0.480 e. The largest absolute Gasteiger partial charge is 0.480 e. The zero-order valence-electron chi connectivity index (χ0n) is 14.7. The number of aryl methyl sites for hydroxylation is 1. The van der Waals surface area contributed by atoms with E-state index in [1.165, 1.54) is 12.1 Å². The number of aliphatic carboxylic acids is 1. The van der Waals surface area contributed by atoms with Crippen molar-refractivity contribution < 1.29 is 22.9 Å². The summed E-state index contributed by atoms with van der Waals surface area (Å²) in [7, 11) is -4.02. The molecule has 6 nitrogen and oxygen atoms in total. The molecule has 0 heterocycles. The standard InChI is InChI=1S/C13H13NO2.C7H8O3S/c14-12(13(15)16)8-10-6-3-5-9-4-1-2-7-11(9)10;1-6-2-4-7(5-3-6)11(8,9)10/h1-7,12H,8,14H2,(H,15,16);2-5H,1H3,(H,8,9,10)/t12-;/m0./s1. The molecular formula is C20H21NO5S. The van der Waals surface area contributed by atoms with Crippen molar-refractivity contribution in [3.63, 3.8) is 0 Å². The van der Waals surface area contributed by atoms with Crippen LogP contribution < -0.4 is 5.73 Å². The monoisotopic (exact) mass is 387 g/mol. The maximum atomic E-state index is 10.7. The summed E-state index contributed by atoms with van der Waals surface area (Å²) >= 11 is 0. The van der Waals surface area contributed by atoms with Crippen LogP contribution in [0.1, 0.15) is 11.1 Å². The number of carbonyl (C=O) groups is 1. The van der Waals surface area contributed by atoms with Gasteiger partial charge >= 0.3 is 5.97 Å². The molecule has 3 aromatic carbocycles. The van der Waals surface area contributed by atoms with E-state index in [0.717, 1.165) is 21.9 Å². The molecule has 0 aliphatic carbocycles. The summed E-state index contributed by atoms with van der Waals surface area (Å²) in [6, 6.07) is 18.9. The van der Waals surface area contributed by atoms with E-state index in [1.807, 2.05) is 49.4 Å². The van der Waals surface area contributed by atoms with E-state index in [1.54, 1.807) is 12.1 Å². The van der Waals surface area contributed by atoms with Gasteiger partial charge in [0.1, 0.15) is 6.04 Å². The average Bonchev–Trinajstić information content (AvgIpc) is 2.62. The summed E-state index contributed by atoms with van der Waals surface area (Å²) in [6.07, 6.45) is 0.358. The molecule has 0 saturated carbocycles. The molecule has 0 aliphatic heterocycles. The summed E-state index contributed by atoms with van der Waals surface area (Å²) in [5, 5.41) is 11.0. The molecule has 27 heavy (non-hydrogen) atoms. The average molecular weight is 387 g/mol. The van der Waals surface area contributed by atoms with Crippen molar-refractivity contribution in [2.45, 2.75) is 24.3 Å². The van der Waals surface area contributed by atoms with Gasteiger partial charge < -0.3 is 10.8 Å².